The molecule has 2 atom stereocenters. The zero-order valence-corrected chi connectivity index (χ0v) is 14.8. The predicted octanol–water partition coefficient (Wildman–Crippen LogP) is 4.72. The summed E-state index contributed by atoms with van der Waals surface area (Å²) in [6.45, 7) is 0. The zero-order chi connectivity index (χ0) is 17.2. The normalized spacial score (nSPS) is 18.8. The van der Waals surface area contributed by atoms with Gasteiger partial charge in [-0.3, -0.25) is 4.79 Å². The molecule has 2 aromatic heterocycles. The number of hydrogen-bond acceptors (Lipinski definition) is 4. The summed E-state index contributed by atoms with van der Waals surface area (Å²) in [7, 11) is 0. The highest BCUT2D eigenvalue weighted by molar-refractivity contribution is 8.01. The largest absolute Gasteiger partial charge is 0.349 e. The van der Waals surface area contributed by atoms with Gasteiger partial charge in [-0.25, -0.2) is 9.37 Å². The van der Waals surface area contributed by atoms with Gasteiger partial charge in [-0.05, 0) is 48.9 Å². The minimum Gasteiger partial charge on any atom is -0.349 e. The van der Waals surface area contributed by atoms with Crippen molar-refractivity contribution in [1.82, 2.24) is 10.3 Å². The van der Waals surface area contributed by atoms with Gasteiger partial charge in [0.15, 0.2) is 0 Å². The summed E-state index contributed by atoms with van der Waals surface area (Å²) in [5.41, 5.74) is 0.364. The van der Waals surface area contributed by atoms with Crippen LogP contribution in [0.2, 0.25) is 0 Å². The van der Waals surface area contributed by atoms with Gasteiger partial charge >= 0.3 is 0 Å². The Labute approximate surface area is 153 Å². The van der Waals surface area contributed by atoms with E-state index in [1.807, 2.05) is 18.2 Å². The van der Waals surface area contributed by atoms with Gasteiger partial charge < -0.3 is 5.32 Å². The van der Waals surface area contributed by atoms with Gasteiger partial charge in [0.25, 0.3) is 5.91 Å². The minimum atomic E-state index is -0.394. The molecule has 3 nitrogen and oxygen atoms in total. The SMILES string of the molecule is O=C(N[C@H]1CC1c1ccc(Sc2ccccn2)s1)c1cccc(F)c1. The van der Waals surface area contributed by atoms with E-state index in [9.17, 15) is 9.18 Å². The first-order chi connectivity index (χ1) is 12.2. The number of benzene rings is 1. The molecule has 0 radical (unpaired) electrons. The average molecular weight is 370 g/mol. The number of carbonyl (C=O) groups is 1. The van der Waals surface area contributed by atoms with Crippen LogP contribution < -0.4 is 5.32 Å². The van der Waals surface area contributed by atoms with Crippen LogP contribution in [0.5, 0.6) is 0 Å². The van der Waals surface area contributed by atoms with Crippen molar-refractivity contribution in [2.45, 2.75) is 27.6 Å². The monoisotopic (exact) mass is 370 g/mol. The first-order valence-electron chi connectivity index (χ1n) is 7.94. The lowest BCUT2D eigenvalue weighted by molar-refractivity contribution is 0.0950. The molecule has 1 aromatic carbocycles. The molecule has 0 spiro atoms. The molecule has 0 saturated heterocycles. The van der Waals surface area contributed by atoms with Gasteiger partial charge in [0.1, 0.15) is 10.8 Å². The van der Waals surface area contributed by atoms with Crippen molar-refractivity contribution in [2.24, 2.45) is 0 Å². The van der Waals surface area contributed by atoms with E-state index in [1.54, 1.807) is 41.4 Å². The van der Waals surface area contributed by atoms with Crippen molar-refractivity contribution in [3.05, 3.63) is 77.1 Å². The number of thiophene rings is 1. The van der Waals surface area contributed by atoms with E-state index >= 15 is 0 Å². The Balaban J connectivity index is 1.36. The number of rotatable bonds is 5. The molecule has 126 valence electrons. The molecule has 1 saturated carbocycles. The molecular formula is C19H15FN2OS2. The summed E-state index contributed by atoms with van der Waals surface area (Å²) in [6, 6.07) is 16.0. The maximum Gasteiger partial charge on any atom is 0.251 e. The first kappa shape index (κ1) is 16.3. The molecule has 6 heteroatoms. The maximum atomic E-state index is 13.2. The first-order valence-corrected chi connectivity index (χ1v) is 9.57. The predicted molar refractivity (Wildman–Crippen MR) is 97.7 cm³/mol. The van der Waals surface area contributed by atoms with Crippen LogP contribution >= 0.6 is 23.1 Å². The number of pyridine rings is 1. The maximum absolute atomic E-state index is 13.2. The number of amides is 1. The van der Waals surface area contributed by atoms with Crippen LogP contribution in [0.1, 0.15) is 27.6 Å². The van der Waals surface area contributed by atoms with Crippen molar-refractivity contribution in [2.75, 3.05) is 0 Å². The van der Waals surface area contributed by atoms with Crippen molar-refractivity contribution >= 4 is 29.0 Å². The molecule has 1 aliphatic rings. The second-order valence-electron chi connectivity index (χ2n) is 5.86. The van der Waals surface area contributed by atoms with Gasteiger partial charge in [0.05, 0.1) is 4.21 Å². The molecular weight excluding hydrogens is 355 g/mol. The summed E-state index contributed by atoms with van der Waals surface area (Å²) in [4.78, 5) is 17.8. The fourth-order valence-corrected chi connectivity index (χ4v) is 4.88. The topological polar surface area (TPSA) is 42.0 Å². The van der Waals surface area contributed by atoms with Gasteiger partial charge in [-0.2, -0.15) is 0 Å². The van der Waals surface area contributed by atoms with Crippen molar-refractivity contribution in [3.63, 3.8) is 0 Å². The summed E-state index contributed by atoms with van der Waals surface area (Å²) in [6.07, 6.45) is 2.71. The van der Waals surface area contributed by atoms with Crippen LogP contribution in [0.4, 0.5) is 4.39 Å². The Morgan fingerprint density at radius 3 is 2.92 bits per heavy atom. The van der Waals surface area contributed by atoms with Crippen LogP contribution in [0.25, 0.3) is 0 Å². The number of nitrogens with one attached hydrogen (secondary N) is 1. The third kappa shape index (κ3) is 3.91. The molecule has 0 aliphatic heterocycles. The number of halogens is 1. The molecule has 2 heterocycles. The van der Waals surface area contributed by atoms with E-state index in [0.29, 0.717) is 11.5 Å². The summed E-state index contributed by atoms with van der Waals surface area (Å²) in [5.74, 6) is -0.262. The molecule has 1 N–H and O–H groups in total. The van der Waals surface area contributed by atoms with Crippen LogP contribution in [-0.2, 0) is 0 Å². The summed E-state index contributed by atoms with van der Waals surface area (Å²) in [5, 5.41) is 3.96. The standard InChI is InChI=1S/C19H15FN2OS2/c20-13-5-3-4-12(10-13)19(23)22-15-11-14(15)16-7-8-18(24-16)25-17-6-1-2-9-21-17/h1-10,14-15H,11H2,(H,22,23)/t14?,15-/m0/s1. The number of carbonyl (C=O) groups excluding carboxylic acids is 1. The van der Waals surface area contributed by atoms with Gasteiger partial charge in [0.2, 0.25) is 0 Å². The van der Waals surface area contributed by atoms with Crippen LogP contribution in [0.15, 0.2) is 70.0 Å². The Bertz CT molecular complexity index is 897. The Hall–Kier alpha value is -2.18. The molecule has 1 aliphatic carbocycles. The van der Waals surface area contributed by atoms with Gasteiger partial charge in [-0.1, -0.05) is 23.9 Å². The van der Waals surface area contributed by atoms with Crippen LogP contribution in [-0.4, -0.2) is 16.9 Å². The third-order valence-corrected chi connectivity index (χ3v) is 6.30. The third-order valence-electron chi connectivity index (χ3n) is 4.00. The smallest absolute Gasteiger partial charge is 0.251 e. The molecule has 0 bridgehead atoms. The van der Waals surface area contributed by atoms with Crippen LogP contribution in [0, 0.1) is 5.82 Å². The molecule has 3 aromatic rings. The Kier molecular flexibility index (Phi) is 4.55. The molecule has 4 rings (SSSR count). The van der Waals surface area contributed by atoms with Crippen molar-refractivity contribution < 1.29 is 9.18 Å². The lowest BCUT2D eigenvalue weighted by atomic mass is 10.2. The van der Waals surface area contributed by atoms with E-state index in [4.69, 9.17) is 0 Å². The van der Waals surface area contributed by atoms with Crippen molar-refractivity contribution in [3.8, 4) is 0 Å². The fraction of sp³-hybridized carbons (Fsp3) is 0.158. The van der Waals surface area contributed by atoms with E-state index in [0.717, 1.165) is 11.4 Å². The lowest BCUT2D eigenvalue weighted by Gasteiger charge is -2.04. The molecule has 1 fully saturated rings. The highest BCUT2D eigenvalue weighted by atomic mass is 32.2. The fourth-order valence-electron chi connectivity index (χ4n) is 2.65. The van der Waals surface area contributed by atoms with Gasteiger partial charge in [0, 0.05) is 28.6 Å². The average Bonchev–Trinajstić information content (AvgIpc) is 3.23. The zero-order valence-electron chi connectivity index (χ0n) is 13.2. The van der Waals surface area contributed by atoms with Crippen LogP contribution in [0.3, 0.4) is 0 Å². The van der Waals surface area contributed by atoms with Gasteiger partial charge in [-0.15, -0.1) is 11.3 Å². The second-order valence-corrected chi connectivity index (χ2v) is 8.30. The number of nitrogens with zero attached hydrogens (tertiary/aromatic N) is 1. The Morgan fingerprint density at radius 1 is 1.20 bits per heavy atom. The van der Waals surface area contributed by atoms with E-state index in [-0.39, 0.29) is 11.9 Å². The molecule has 1 unspecified atom stereocenters. The quantitative estimate of drug-likeness (QED) is 0.707. The van der Waals surface area contributed by atoms with E-state index < -0.39 is 5.82 Å². The highest BCUT2D eigenvalue weighted by Crippen LogP contribution is 2.46. The summed E-state index contributed by atoms with van der Waals surface area (Å²) >= 11 is 3.38. The Morgan fingerprint density at radius 2 is 2.12 bits per heavy atom. The lowest BCUT2D eigenvalue weighted by Crippen LogP contribution is -2.26. The number of hydrogen-bond donors (Lipinski definition) is 1. The minimum absolute atomic E-state index is 0.127. The number of aromatic nitrogens is 1. The molecule has 1 amide bonds. The highest BCUT2D eigenvalue weighted by Gasteiger charge is 2.40. The summed E-state index contributed by atoms with van der Waals surface area (Å²) < 4.78 is 14.4. The van der Waals surface area contributed by atoms with Crippen molar-refractivity contribution in [1.29, 1.82) is 0 Å². The molecule has 25 heavy (non-hydrogen) atoms. The van der Waals surface area contributed by atoms with E-state index in [2.05, 4.69) is 22.4 Å². The van der Waals surface area contributed by atoms with E-state index in [1.165, 1.54) is 21.2 Å². The second kappa shape index (κ2) is 6.98.